The molecule has 0 bridgehead atoms. The third-order valence-electron chi connectivity index (χ3n) is 4.11. The van der Waals surface area contributed by atoms with Gasteiger partial charge in [-0.3, -0.25) is 0 Å². The van der Waals surface area contributed by atoms with Crippen molar-refractivity contribution in [1.82, 2.24) is 4.98 Å². The van der Waals surface area contributed by atoms with Gasteiger partial charge in [0.2, 0.25) is 0 Å². The van der Waals surface area contributed by atoms with E-state index in [-0.39, 0.29) is 5.60 Å². The molecule has 1 atom stereocenters. The van der Waals surface area contributed by atoms with Gasteiger partial charge in [-0.15, -0.1) is 0 Å². The monoisotopic (exact) mass is 272 g/mol. The Balaban J connectivity index is 2.11. The van der Waals surface area contributed by atoms with Gasteiger partial charge in [0.1, 0.15) is 12.7 Å². The van der Waals surface area contributed by atoms with Crippen LogP contribution in [0.1, 0.15) is 30.2 Å². The van der Waals surface area contributed by atoms with Crippen LogP contribution in [-0.4, -0.2) is 24.9 Å². The van der Waals surface area contributed by atoms with Crippen molar-refractivity contribution in [3.63, 3.8) is 0 Å². The average molecular weight is 272 g/mol. The second-order valence-corrected chi connectivity index (χ2v) is 5.48. The molecule has 0 fully saturated rings. The first-order valence-electron chi connectivity index (χ1n) is 6.95. The van der Waals surface area contributed by atoms with Crippen molar-refractivity contribution in [2.45, 2.75) is 32.3 Å². The number of ether oxygens (including phenoxy) is 1. The summed E-state index contributed by atoms with van der Waals surface area (Å²) in [4.78, 5) is 8.32. The molecule has 4 heteroatoms. The van der Waals surface area contributed by atoms with Crippen LogP contribution in [0.15, 0.2) is 23.4 Å². The molecule has 0 radical (unpaired) electrons. The van der Waals surface area contributed by atoms with Crippen LogP contribution in [0.3, 0.4) is 0 Å². The molecule has 1 N–H and O–H groups in total. The minimum Gasteiger partial charge on any atom is -0.399 e. The normalized spacial score (nSPS) is 22.4. The lowest BCUT2D eigenvalue weighted by molar-refractivity contribution is -0.0428. The van der Waals surface area contributed by atoms with Crippen molar-refractivity contribution in [3.8, 4) is 0 Å². The summed E-state index contributed by atoms with van der Waals surface area (Å²) >= 11 is 0. The van der Waals surface area contributed by atoms with Crippen LogP contribution in [0.2, 0.25) is 0 Å². The van der Waals surface area contributed by atoms with E-state index in [0.717, 1.165) is 13.0 Å². The van der Waals surface area contributed by atoms with Crippen molar-refractivity contribution < 1.29 is 9.57 Å². The maximum absolute atomic E-state index is 6.03. The zero-order valence-electron chi connectivity index (χ0n) is 12.2. The lowest BCUT2D eigenvalue weighted by Crippen LogP contribution is -2.33. The maximum Gasteiger partial charge on any atom is 0.110 e. The summed E-state index contributed by atoms with van der Waals surface area (Å²) in [6.07, 6.45) is 3.42. The first-order chi connectivity index (χ1) is 9.65. The van der Waals surface area contributed by atoms with Crippen molar-refractivity contribution in [1.29, 1.82) is 0 Å². The highest BCUT2D eigenvalue weighted by molar-refractivity contribution is 5.88. The molecule has 0 spiro atoms. The standard InChI is InChI=1S/C16H20N2O2/c1-11-5-4-6-12-13-7-10-20-16(2,8-9-17-19-3)15(13)18-14(11)12/h4-6,9,18H,7-8,10H2,1-3H3. The molecular formula is C16H20N2O2. The molecule has 1 aliphatic rings. The topological polar surface area (TPSA) is 46.6 Å². The number of aryl methyl sites for hydroxylation is 1. The first-order valence-corrected chi connectivity index (χ1v) is 6.95. The van der Waals surface area contributed by atoms with Gasteiger partial charge in [-0.1, -0.05) is 23.4 Å². The fourth-order valence-electron chi connectivity index (χ4n) is 3.03. The van der Waals surface area contributed by atoms with Gasteiger partial charge in [-0.05, 0) is 31.4 Å². The summed E-state index contributed by atoms with van der Waals surface area (Å²) < 4.78 is 6.03. The van der Waals surface area contributed by atoms with Gasteiger partial charge >= 0.3 is 0 Å². The Morgan fingerprint density at radius 3 is 3.15 bits per heavy atom. The number of benzene rings is 1. The lowest BCUT2D eigenvalue weighted by atomic mass is 9.90. The molecule has 1 aliphatic heterocycles. The largest absolute Gasteiger partial charge is 0.399 e. The van der Waals surface area contributed by atoms with Crippen LogP contribution >= 0.6 is 0 Å². The number of para-hydroxylation sites is 1. The summed E-state index contributed by atoms with van der Waals surface area (Å²) in [6, 6.07) is 6.44. The van der Waals surface area contributed by atoms with Gasteiger partial charge in [0.15, 0.2) is 0 Å². The third kappa shape index (κ3) is 2.00. The van der Waals surface area contributed by atoms with Crippen molar-refractivity contribution in [2.75, 3.05) is 13.7 Å². The van der Waals surface area contributed by atoms with E-state index in [1.807, 2.05) is 0 Å². The van der Waals surface area contributed by atoms with Gasteiger partial charge < -0.3 is 14.6 Å². The molecular weight excluding hydrogens is 252 g/mol. The van der Waals surface area contributed by atoms with Crippen LogP contribution in [0, 0.1) is 6.92 Å². The smallest absolute Gasteiger partial charge is 0.110 e. The number of hydrogen-bond acceptors (Lipinski definition) is 3. The predicted octanol–water partition coefficient (Wildman–Crippen LogP) is 3.29. The molecule has 3 rings (SSSR count). The van der Waals surface area contributed by atoms with Crippen LogP contribution in [0.25, 0.3) is 10.9 Å². The van der Waals surface area contributed by atoms with Crippen LogP contribution in [-0.2, 0) is 21.6 Å². The highest BCUT2D eigenvalue weighted by Gasteiger charge is 2.35. The van der Waals surface area contributed by atoms with E-state index < -0.39 is 0 Å². The Labute approximate surface area is 118 Å². The number of fused-ring (bicyclic) bond motifs is 3. The van der Waals surface area contributed by atoms with Gasteiger partial charge in [0, 0.05) is 23.5 Å². The van der Waals surface area contributed by atoms with E-state index in [9.17, 15) is 0 Å². The molecule has 4 nitrogen and oxygen atoms in total. The van der Waals surface area contributed by atoms with Gasteiger partial charge in [-0.2, -0.15) is 0 Å². The number of rotatable bonds is 3. The Hall–Kier alpha value is -1.81. The third-order valence-corrected chi connectivity index (χ3v) is 4.11. The van der Waals surface area contributed by atoms with E-state index in [1.165, 1.54) is 27.7 Å². The molecule has 0 saturated carbocycles. The summed E-state index contributed by atoms with van der Waals surface area (Å²) in [5.74, 6) is 0. The Morgan fingerprint density at radius 1 is 1.50 bits per heavy atom. The highest BCUT2D eigenvalue weighted by atomic mass is 16.6. The SMILES string of the molecule is CON=CCC1(C)OCCc2c1[nH]c1c(C)cccc21. The number of aromatic nitrogens is 1. The van der Waals surface area contributed by atoms with E-state index in [2.05, 4.69) is 42.2 Å². The van der Waals surface area contributed by atoms with Crippen molar-refractivity contribution in [3.05, 3.63) is 35.0 Å². The Kier molecular flexibility index (Phi) is 3.26. The molecule has 20 heavy (non-hydrogen) atoms. The molecule has 1 unspecified atom stereocenters. The average Bonchev–Trinajstić information content (AvgIpc) is 2.82. The quantitative estimate of drug-likeness (QED) is 0.688. The minimum atomic E-state index is -0.360. The number of oxime groups is 1. The summed E-state index contributed by atoms with van der Waals surface area (Å²) in [7, 11) is 1.55. The molecule has 2 aromatic rings. The van der Waals surface area contributed by atoms with Crippen LogP contribution < -0.4 is 0 Å². The molecule has 106 valence electrons. The Bertz CT molecular complexity index is 660. The first kappa shape index (κ1) is 13.2. The number of hydrogen-bond donors (Lipinski definition) is 1. The van der Waals surface area contributed by atoms with Gasteiger partial charge in [0.05, 0.1) is 12.3 Å². The molecule has 1 aromatic heterocycles. The molecule has 0 saturated heterocycles. The molecule has 0 amide bonds. The number of nitrogens with one attached hydrogen (secondary N) is 1. The molecule has 0 aliphatic carbocycles. The fraction of sp³-hybridized carbons (Fsp3) is 0.438. The summed E-state index contributed by atoms with van der Waals surface area (Å²) in [6.45, 7) is 4.98. The van der Waals surface area contributed by atoms with E-state index in [1.54, 1.807) is 13.3 Å². The van der Waals surface area contributed by atoms with E-state index in [4.69, 9.17) is 9.57 Å². The highest BCUT2D eigenvalue weighted by Crippen LogP contribution is 2.39. The zero-order valence-corrected chi connectivity index (χ0v) is 12.2. The van der Waals surface area contributed by atoms with Crippen molar-refractivity contribution >= 4 is 17.1 Å². The minimum absolute atomic E-state index is 0.360. The van der Waals surface area contributed by atoms with E-state index in [0.29, 0.717) is 6.42 Å². The summed E-state index contributed by atoms with van der Waals surface area (Å²) in [5.41, 5.74) is 4.68. The molecule has 2 heterocycles. The van der Waals surface area contributed by atoms with Gasteiger partial charge in [-0.25, -0.2) is 0 Å². The molecule has 1 aromatic carbocycles. The van der Waals surface area contributed by atoms with Crippen LogP contribution in [0.4, 0.5) is 0 Å². The number of nitrogens with zero attached hydrogens (tertiary/aromatic N) is 1. The summed E-state index contributed by atoms with van der Waals surface area (Å²) in [5, 5.41) is 5.15. The van der Waals surface area contributed by atoms with E-state index >= 15 is 0 Å². The fourth-order valence-corrected chi connectivity index (χ4v) is 3.03. The number of H-pyrrole nitrogens is 1. The second kappa shape index (κ2) is 4.94. The maximum atomic E-state index is 6.03. The Morgan fingerprint density at radius 2 is 2.35 bits per heavy atom. The number of aromatic amines is 1. The zero-order chi connectivity index (χ0) is 14.2. The second-order valence-electron chi connectivity index (χ2n) is 5.48. The van der Waals surface area contributed by atoms with Crippen molar-refractivity contribution in [2.24, 2.45) is 5.16 Å². The van der Waals surface area contributed by atoms with Gasteiger partial charge in [0.25, 0.3) is 0 Å². The predicted molar refractivity (Wildman–Crippen MR) is 80.2 cm³/mol. The lowest BCUT2D eigenvalue weighted by Gasteiger charge is -2.33. The van der Waals surface area contributed by atoms with Crippen LogP contribution in [0.5, 0.6) is 0 Å².